The molecule has 19 heavy (non-hydrogen) atoms. The van der Waals surface area contributed by atoms with Crippen molar-refractivity contribution in [2.75, 3.05) is 0 Å². The molecule has 0 fully saturated rings. The number of aromatic nitrogens is 1. The number of halogens is 3. The Hall–Kier alpha value is -1.82. The summed E-state index contributed by atoms with van der Waals surface area (Å²) in [6.07, 6.45) is 2.94. The van der Waals surface area contributed by atoms with Crippen LogP contribution in [0.2, 0.25) is 0 Å². The fraction of sp³-hybridized carbons (Fsp3) is 0.0769. The van der Waals surface area contributed by atoms with Crippen LogP contribution in [0.3, 0.4) is 0 Å². The molecule has 2 aromatic rings. The van der Waals surface area contributed by atoms with Crippen molar-refractivity contribution in [3.05, 3.63) is 63.9 Å². The Kier molecular flexibility index (Phi) is 4.21. The molecule has 0 bridgehead atoms. The normalized spacial score (nSPS) is 10.3. The molecule has 1 aromatic heterocycles. The van der Waals surface area contributed by atoms with E-state index in [0.29, 0.717) is 10.0 Å². The smallest absolute Gasteiger partial charge is 0.253 e. The number of amides is 1. The summed E-state index contributed by atoms with van der Waals surface area (Å²) in [5, 5.41) is 2.50. The molecular weight excluding hydrogens is 318 g/mol. The maximum absolute atomic E-state index is 13.3. The highest BCUT2D eigenvalue weighted by Gasteiger charge is 2.09. The van der Waals surface area contributed by atoms with Gasteiger partial charge < -0.3 is 5.32 Å². The van der Waals surface area contributed by atoms with E-state index in [4.69, 9.17) is 0 Å². The van der Waals surface area contributed by atoms with Crippen molar-refractivity contribution in [3.63, 3.8) is 0 Å². The lowest BCUT2D eigenvalue weighted by Gasteiger charge is -2.06. The Labute approximate surface area is 116 Å². The van der Waals surface area contributed by atoms with Crippen LogP contribution >= 0.6 is 15.9 Å². The first-order valence-electron chi connectivity index (χ1n) is 5.39. The third kappa shape index (κ3) is 3.57. The lowest BCUT2D eigenvalue weighted by Crippen LogP contribution is -2.23. The summed E-state index contributed by atoms with van der Waals surface area (Å²) in [5.41, 5.74) is 0.433. The summed E-state index contributed by atoms with van der Waals surface area (Å²) < 4.78 is 27.0. The van der Waals surface area contributed by atoms with Gasteiger partial charge in [-0.2, -0.15) is 0 Å². The average molecular weight is 327 g/mol. The van der Waals surface area contributed by atoms with Crippen LogP contribution in [-0.4, -0.2) is 10.9 Å². The highest BCUT2D eigenvalue weighted by molar-refractivity contribution is 9.10. The first-order chi connectivity index (χ1) is 9.06. The molecule has 0 unspecified atom stereocenters. The zero-order chi connectivity index (χ0) is 13.8. The fourth-order valence-electron chi connectivity index (χ4n) is 1.49. The molecule has 1 amide bonds. The number of pyridine rings is 1. The highest BCUT2D eigenvalue weighted by Crippen LogP contribution is 2.11. The number of hydrogen-bond donors (Lipinski definition) is 1. The molecule has 0 aliphatic rings. The number of benzene rings is 1. The van der Waals surface area contributed by atoms with Crippen molar-refractivity contribution in [1.29, 1.82) is 0 Å². The summed E-state index contributed by atoms with van der Waals surface area (Å²) in [7, 11) is 0. The van der Waals surface area contributed by atoms with Crippen molar-refractivity contribution in [3.8, 4) is 0 Å². The first kappa shape index (κ1) is 13.6. The Morgan fingerprint density at radius 3 is 2.79 bits per heavy atom. The molecule has 0 atom stereocenters. The van der Waals surface area contributed by atoms with Gasteiger partial charge in [0.05, 0.1) is 5.56 Å². The van der Waals surface area contributed by atoms with Gasteiger partial charge in [-0.1, -0.05) is 0 Å². The monoisotopic (exact) mass is 326 g/mol. The molecule has 0 aliphatic heterocycles. The predicted octanol–water partition coefficient (Wildman–Crippen LogP) is 3.05. The molecule has 98 valence electrons. The van der Waals surface area contributed by atoms with Crippen molar-refractivity contribution in [2.24, 2.45) is 0 Å². The number of carbonyl (C=O) groups excluding carboxylic acids is 1. The third-order valence-electron chi connectivity index (χ3n) is 2.41. The van der Waals surface area contributed by atoms with E-state index < -0.39 is 17.5 Å². The SMILES string of the molecule is O=C(NCc1cc(F)ccc1F)c1cncc(Br)c1. The Balaban J connectivity index is 2.06. The van der Waals surface area contributed by atoms with Gasteiger partial charge in [-0.05, 0) is 40.2 Å². The first-order valence-corrected chi connectivity index (χ1v) is 6.18. The van der Waals surface area contributed by atoms with E-state index in [1.54, 1.807) is 12.3 Å². The summed E-state index contributed by atoms with van der Waals surface area (Å²) in [4.78, 5) is 15.6. The molecule has 0 radical (unpaired) electrons. The second-order valence-electron chi connectivity index (χ2n) is 3.81. The minimum absolute atomic E-state index is 0.0884. The maximum Gasteiger partial charge on any atom is 0.253 e. The van der Waals surface area contributed by atoms with E-state index in [1.807, 2.05) is 0 Å². The molecule has 1 N–H and O–H groups in total. The van der Waals surface area contributed by atoms with Gasteiger partial charge in [0, 0.05) is 29.0 Å². The zero-order valence-corrected chi connectivity index (χ0v) is 11.2. The van der Waals surface area contributed by atoms with Crippen molar-refractivity contribution >= 4 is 21.8 Å². The van der Waals surface area contributed by atoms with Crippen LogP contribution in [0.1, 0.15) is 15.9 Å². The summed E-state index contributed by atoms with van der Waals surface area (Å²) in [6, 6.07) is 4.69. The van der Waals surface area contributed by atoms with Crippen LogP contribution in [0, 0.1) is 11.6 Å². The fourth-order valence-corrected chi connectivity index (χ4v) is 1.86. The minimum Gasteiger partial charge on any atom is -0.348 e. The van der Waals surface area contributed by atoms with Crippen LogP contribution in [0.15, 0.2) is 41.1 Å². The molecule has 2 rings (SSSR count). The maximum atomic E-state index is 13.3. The topological polar surface area (TPSA) is 42.0 Å². The molecule has 0 aliphatic carbocycles. The van der Waals surface area contributed by atoms with Crippen LogP contribution in [0.4, 0.5) is 8.78 Å². The summed E-state index contributed by atoms with van der Waals surface area (Å²) in [6.45, 7) is -0.0884. The molecule has 0 saturated carbocycles. The third-order valence-corrected chi connectivity index (χ3v) is 2.85. The molecule has 1 heterocycles. The summed E-state index contributed by atoms with van der Waals surface area (Å²) in [5.74, 6) is -1.51. The summed E-state index contributed by atoms with van der Waals surface area (Å²) >= 11 is 3.20. The van der Waals surface area contributed by atoms with Gasteiger partial charge in [-0.3, -0.25) is 9.78 Å². The van der Waals surface area contributed by atoms with Gasteiger partial charge in [0.1, 0.15) is 11.6 Å². The quantitative estimate of drug-likeness (QED) is 0.941. The number of hydrogen-bond acceptors (Lipinski definition) is 2. The van der Waals surface area contributed by atoms with Gasteiger partial charge in [0.2, 0.25) is 0 Å². The van der Waals surface area contributed by atoms with Crippen LogP contribution in [-0.2, 0) is 6.54 Å². The average Bonchev–Trinajstić information content (AvgIpc) is 2.39. The van der Waals surface area contributed by atoms with Crippen molar-refractivity contribution < 1.29 is 13.6 Å². The van der Waals surface area contributed by atoms with E-state index in [1.165, 1.54) is 6.20 Å². The second-order valence-corrected chi connectivity index (χ2v) is 4.73. The van der Waals surface area contributed by atoms with Gasteiger partial charge in [-0.15, -0.1) is 0 Å². The Bertz CT molecular complexity index is 619. The number of nitrogens with zero attached hydrogens (tertiary/aromatic N) is 1. The van der Waals surface area contributed by atoms with Gasteiger partial charge in [-0.25, -0.2) is 8.78 Å². The van der Waals surface area contributed by atoms with E-state index >= 15 is 0 Å². The molecule has 0 saturated heterocycles. The lowest BCUT2D eigenvalue weighted by molar-refractivity contribution is 0.0950. The molecule has 6 heteroatoms. The molecule has 1 aromatic carbocycles. The van der Waals surface area contributed by atoms with Crippen LogP contribution in [0.25, 0.3) is 0 Å². The van der Waals surface area contributed by atoms with E-state index in [0.717, 1.165) is 18.2 Å². The number of carbonyl (C=O) groups is 1. The van der Waals surface area contributed by atoms with Gasteiger partial charge >= 0.3 is 0 Å². The Morgan fingerprint density at radius 2 is 2.05 bits per heavy atom. The standard InChI is InChI=1S/C13H9BrF2N2O/c14-10-3-9(5-17-7-10)13(19)18-6-8-4-11(15)1-2-12(8)16/h1-5,7H,6H2,(H,18,19). The van der Waals surface area contributed by atoms with Gasteiger partial charge in [0.25, 0.3) is 5.91 Å². The Morgan fingerprint density at radius 1 is 1.26 bits per heavy atom. The molecule has 3 nitrogen and oxygen atoms in total. The van der Waals surface area contributed by atoms with Crippen molar-refractivity contribution in [2.45, 2.75) is 6.54 Å². The number of rotatable bonds is 3. The molecular formula is C13H9BrF2N2O. The lowest BCUT2D eigenvalue weighted by atomic mass is 10.2. The number of nitrogens with one attached hydrogen (secondary N) is 1. The van der Waals surface area contributed by atoms with Crippen LogP contribution < -0.4 is 5.32 Å². The second kappa shape index (κ2) is 5.88. The van der Waals surface area contributed by atoms with E-state index in [9.17, 15) is 13.6 Å². The predicted molar refractivity (Wildman–Crippen MR) is 69.5 cm³/mol. The van der Waals surface area contributed by atoms with Crippen molar-refractivity contribution in [1.82, 2.24) is 10.3 Å². The van der Waals surface area contributed by atoms with Crippen LogP contribution in [0.5, 0.6) is 0 Å². The molecule has 0 spiro atoms. The minimum atomic E-state index is -0.561. The zero-order valence-electron chi connectivity index (χ0n) is 9.66. The van der Waals surface area contributed by atoms with E-state index in [2.05, 4.69) is 26.2 Å². The van der Waals surface area contributed by atoms with Gasteiger partial charge in [0.15, 0.2) is 0 Å². The van der Waals surface area contributed by atoms with E-state index in [-0.39, 0.29) is 12.1 Å². The highest BCUT2D eigenvalue weighted by atomic mass is 79.9. The largest absolute Gasteiger partial charge is 0.348 e.